The summed E-state index contributed by atoms with van der Waals surface area (Å²) in [6.07, 6.45) is -5.33. The van der Waals surface area contributed by atoms with Crippen LogP contribution in [0, 0.1) is 11.3 Å². The predicted molar refractivity (Wildman–Crippen MR) is 61.0 cm³/mol. The predicted octanol–water partition coefficient (Wildman–Crippen LogP) is 2.50. The Hall–Kier alpha value is -0.620. The van der Waals surface area contributed by atoms with Crippen LogP contribution in [0.15, 0.2) is 0 Å². The third kappa shape index (κ3) is 3.45. The normalized spacial score (nSPS) is 30.3. The number of nitrogens with one attached hydrogen (secondary N) is 1. The molecule has 1 aliphatic heterocycles. The molecule has 3 atom stereocenters. The second kappa shape index (κ2) is 5.17. The molecule has 6 heteroatoms. The molecule has 106 valence electrons. The van der Waals surface area contributed by atoms with Crippen LogP contribution in [0.2, 0.25) is 0 Å². The Balaban J connectivity index is 2.76. The van der Waals surface area contributed by atoms with Crippen LogP contribution in [-0.4, -0.2) is 31.3 Å². The number of hydrogen-bond acceptors (Lipinski definition) is 3. The van der Waals surface area contributed by atoms with Gasteiger partial charge in [0, 0.05) is 12.5 Å². The van der Waals surface area contributed by atoms with E-state index < -0.39 is 29.8 Å². The Morgan fingerprint density at radius 2 is 1.78 bits per heavy atom. The van der Waals surface area contributed by atoms with Gasteiger partial charge in [-0.05, 0) is 12.8 Å². The van der Waals surface area contributed by atoms with Crippen molar-refractivity contribution in [1.82, 2.24) is 5.32 Å². The lowest BCUT2D eigenvalue weighted by atomic mass is 9.81. The molecule has 0 spiro atoms. The number of carbonyl (C=O) groups excluding carboxylic acids is 1. The lowest BCUT2D eigenvalue weighted by Gasteiger charge is -2.38. The molecule has 18 heavy (non-hydrogen) atoms. The maximum atomic E-state index is 12.7. The van der Waals surface area contributed by atoms with Gasteiger partial charge in [0.05, 0.1) is 12.0 Å². The van der Waals surface area contributed by atoms with Crippen molar-refractivity contribution in [3.63, 3.8) is 0 Å². The standard InChI is InChI=1S/C12H20F3NO2/c1-11(2,3)9(17)8-6-5-7(12(13,14)15)10(16-8)18-4/h7-8,10,16H,5-6H2,1-4H3. The van der Waals surface area contributed by atoms with E-state index in [4.69, 9.17) is 4.74 Å². The number of piperidine rings is 1. The third-order valence-electron chi connectivity index (χ3n) is 3.23. The number of carbonyl (C=O) groups is 1. The SMILES string of the molecule is COC1NC(C(=O)C(C)(C)C)CCC1C(F)(F)F. The Morgan fingerprint density at radius 1 is 1.22 bits per heavy atom. The summed E-state index contributed by atoms with van der Waals surface area (Å²) < 4.78 is 43.0. The van der Waals surface area contributed by atoms with Crippen molar-refractivity contribution < 1.29 is 22.7 Å². The van der Waals surface area contributed by atoms with Gasteiger partial charge in [-0.2, -0.15) is 13.2 Å². The van der Waals surface area contributed by atoms with Crippen LogP contribution in [0.1, 0.15) is 33.6 Å². The number of methoxy groups -OCH3 is 1. The molecule has 3 unspecified atom stereocenters. The van der Waals surface area contributed by atoms with E-state index in [0.717, 1.165) is 0 Å². The van der Waals surface area contributed by atoms with Gasteiger partial charge in [-0.15, -0.1) is 0 Å². The smallest absolute Gasteiger partial charge is 0.366 e. The number of Topliss-reactive ketones (excluding diaryl/α,β-unsaturated/α-hetero) is 1. The zero-order valence-corrected chi connectivity index (χ0v) is 11.1. The number of ketones is 1. The van der Waals surface area contributed by atoms with E-state index in [1.54, 1.807) is 20.8 Å². The van der Waals surface area contributed by atoms with E-state index in [1.165, 1.54) is 7.11 Å². The number of halogens is 3. The van der Waals surface area contributed by atoms with Crippen LogP contribution in [-0.2, 0) is 9.53 Å². The molecule has 0 aromatic rings. The molecule has 1 heterocycles. The number of hydrogen-bond donors (Lipinski definition) is 1. The maximum absolute atomic E-state index is 12.7. The molecule has 0 aromatic carbocycles. The Kier molecular flexibility index (Phi) is 4.43. The maximum Gasteiger partial charge on any atom is 0.395 e. The highest BCUT2D eigenvalue weighted by Gasteiger charge is 2.49. The fourth-order valence-corrected chi connectivity index (χ4v) is 2.19. The van der Waals surface area contributed by atoms with E-state index in [-0.39, 0.29) is 18.6 Å². The van der Waals surface area contributed by atoms with Gasteiger partial charge in [0.15, 0.2) is 5.78 Å². The van der Waals surface area contributed by atoms with Crippen LogP contribution in [0.5, 0.6) is 0 Å². The van der Waals surface area contributed by atoms with Gasteiger partial charge in [-0.25, -0.2) is 0 Å². The molecule has 0 radical (unpaired) electrons. The molecule has 0 saturated carbocycles. The first-order valence-corrected chi connectivity index (χ1v) is 5.97. The number of ether oxygens (including phenoxy) is 1. The van der Waals surface area contributed by atoms with Crippen LogP contribution in [0.25, 0.3) is 0 Å². The first-order valence-electron chi connectivity index (χ1n) is 5.97. The summed E-state index contributed by atoms with van der Waals surface area (Å²) in [4.78, 5) is 12.0. The summed E-state index contributed by atoms with van der Waals surface area (Å²) in [6, 6.07) is -0.562. The van der Waals surface area contributed by atoms with Crippen LogP contribution in [0.3, 0.4) is 0 Å². The minimum atomic E-state index is -4.30. The van der Waals surface area contributed by atoms with Gasteiger partial charge < -0.3 is 4.74 Å². The van der Waals surface area contributed by atoms with Crippen LogP contribution < -0.4 is 5.32 Å². The molecule has 0 bridgehead atoms. The largest absolute Gasteiger partial charge is 0.395 e. The second-order valence-electron chi connectivity index (χ2n) is 5.72. The van der Waals surface area contributed by atoms with Crippen molar-refractivity contribution in [2.24, 2.45) is 11.3 Å². The lowest BCUT2D eigenvalue weighted by Crippen LogP contribution is -2.57. The zero-order chi connectivity index (χ0) is 14.1. The van der Waals surface area contributed by atoms with Gasteiger partial charge in [-0.1, -0.05) is 20.8 Å². The van der Waals surface area contributed by atoms with Crippen molar-refractivity contribution in [2.45, 2.75) is 52.1 Å². The molecule has 0 aliphatic carbocycles. The molecule has 0 aromatic heterocycles. The van der Waals surface area contributed by atoms with Gasteiger partial charge in [0.25, 0.3) is 0 Å². The Labute approximate surface area is 105 Å². The number of rotatable bonds is 2. The summed E-state index contributed by atoms with van der Waals surface area (Å²) in [6.45, 7) is 5.28. The number of alkyl halides is 3. The molecular weight excluding hydrogens is 247 g/mol. The van der Waals surface area contributed by atoms with E-state index in [0.29, 0.717) is 0 Å². The summed E-state index contributed by atoms with van der Waals surface area (Å²) in [5.41, 5.74) is -0.568. The van der Waals surface area contributed by atoms with Gasteiger partial charge in [-0.3, -0.25) is 10.1 Å². The average Bonchev–Trinajstić information content (AvgIpc) is 2.24. The van der Waals surface area contributed by atoms with E-state index in [9.17, 15) is 18.0 Å². The summed E-state index contributed by atoms with van der Waals surface area (Å²) >= 11 is 0. The van der Waals surface area contributed by atoms with Crippen LogP contribution in [0.4, 0.5) is 13.2 Å². The quantitative estimate of drug-likeness (QED) is 0.835. The van der Waals surface area contributed by atoms with Crippen molar-refractivity contribution >= 4 is 5.78 Å². The highest BCUT2D eigenvalue weighted by atomic mass is 19.4. The van der Waals surface area contributed by atoms with E-state index >= 15 is 0 Å². The minimum Gasteiger partial charge on any atom is -0.366 e. The van der Waals surface area contributed by atoms with Crippen molar-refractivity contribution in [2.75, 3.05) is 7.11 Å². The molecule has 1 rings (SSSR count). The van der Waals surface area contributed by atoms with Gasteiger partial charge in [0.1, 0.15) is 6.23 Å². The van der Waals surface area contributed by atoms with Gasteiger partial charge >= 0.3 is 6.18 Å². The first kappa shape index (κ1) is 15.4. The fraction of sp³-hybridized carbons (Fsp3) is 0.917. The third-order valence-corrected chi connectivity index (χ3v) is 3.23. The molecule has 1 N–H and O–H groups in total. The summed E-state index contributed by atoms with van der Waals surface area (Å²) in [7, 11) is 1.22. The fourth-order valence-electron chi connectivity index (χ4n) is 2.19. The van der Waals surface area contributed by atoms with E-state index in [2.05, 4.69) is 5.32 Å². The van der Waals surface area contributed by atoms with Crippen LogP contribution >= 0.6 is 0 Å². The summed E-state index contributed by atoms with van der Waals surface area (Å²) in [5.74, 6) is -1.63. The molecule has 3 nitrogen and oxygen atoms in total. The molecule has 1 fully saturated rings. The van der Waals surface area contributed by atoms with Crippen molar-refractivity contribution in [1.29, 1.82) is 0 Å². The van der Waals surface area contributed by atoms with Crippen molar-refractivity contribution in [3.05, 3.63) is 0 Å². The van der Waals surface area contributed by atoms with Gasteiger partial charge in [0.2, 0.25) is 0 Å². The summed E-state index contributed by atoms with van der Waals surface area (Å²) in [5, 5.41) is 2.67. The Bertz CT molecular complexity index is 309. The highest BCUT2D eigenvalue weighted by molar-refractivity contribution is 5.88. The molecule has 1 aliphatic rings. The minimum absolute atomic E-state index is 0.0785. The second-order valence-corrected chi connectivity index (χ2v) is 5.72. The monoisotopic (exact) mass is 267 g/mol. The zero-order valence-electron chi connectivity index (χ0n) is 11.1. The molecule has 0 amide bonds. The average molecular weight is 267 g/mol. The van der Waals surface area contributed by atoms with Crippen molar-refractivity contribution in [3.8, 4) is 0 Å². The molecular formula is C12H20F3NO2. The topological polar surface area (TPSA) is 38.3 Å². The highest BCUT2D eigenvalue weighted by Crippen LogP contribution is 2.36. The lowest BCUT2D eigenvalue weighted by molar-refractivity contribution is -0.219. The Morgan fingerprint density at radius 3 is 2.17 bits per heavy atom. The van der Waals surface area contributed by atoms with E-state index in [1.807, 2.05) is 0 Å². The molecule has 1 saturated heterocycles. The first-order chi connectivity index (χ1) is 8.07.